The van der Waals surface area contributed by atoms with Gasteiger partial charge in [0.2, 0.25) is 0 Å². The molecule has 3 N–H and O–H groups in total. The number of ether oxygens (including phenoxy) is 1. The predicted octanol–water partition coefficient (Wildman–Crippen LogP) is 6.18. The lowest BCUT2D eigenvalue weighted by molar-refractivity contribution is -0.166. The van der Waals surface area contributed by atoms with Gasteiger partial charge in [0.05, 0.1) is 11.3 Å². The summed E-state index contributed by atoms with van der Waals surface area (Å²) in [5.74, 6) is -0.893. The quantitative estimate of drug-likeness (QED) is 0.230. The van der Waals surface area contributed by atoms with Crippen LogP contribution in [0.4, 0.5) is 24.5 Å². The number of nitrogens with zero attached hydrogens (tertiary/aromatic N) is 2. The number of cyclic esters (lactones) is 1. The maximum atomic E-state index is 13.4. The molecule has 0 spiro atoms. The van der Waals surface area contributed by atoms with Crippen molar-refractivity contribution >= 4 is 27.4 Å². The second kappa shape index (κ2) is 12.2. The van der Waals surface area contributed by atoms with Gasteiger partial charge in [0.1, 0.15) is 17.1 Å². The number of likely N-dealkylation sites (N-methyl/N-ethyl adjacent to an activating group) is 1. The third-order valence-electron chi connectivity index (χ3n) is 7.39. The van der Waals surface area contributed by atoms with E-state index in [1.165, 1.54) is 23.1 Å². The summed E-state index contributed by atoms with van der Waals surface area (Å²) in [6.45, 7) is 5.77. The number of hydrogen-bond donors (Lipinski definition) is 3. The van der Waals surface area contributed by atoms with E-state index in [2.05, 4.69) is 9.71 Å². The van der Waals surface area contributed by atoms with Crippen LogP contribution < -0.4 is 9.62 Å². The molecule has 3 aromatic rings. The lowest BCUT2D eigenvalue weighted by atomic mass is 9.79. The van der Waals surface area contributed by atoms with E-state index in [0.717, 1.165) is 11.6 Å². The van der Waals surface area contributed by atoms with Crippen LogP contribution in [-0.4, -0.2) is 41.7 Å². The lowest BCUT2D eigenvalue weighted by Gasteiger charge is -2.42. The normalized spacial score (nSPS) is 17.6. The number of rotatable bonds is 10. The second-order valence-electron chi connectivity index (χ2n) is 10.5. The van der Waals surface area contributed by atoms with E-state index in [-0.39, 0.29) is 41.8 Å². The number of aryl methyl sites for hydroxylation is 1. The summed E-state index contributed by atoms with van der Waals surface area (Å²) >= 11 is 0. The largest absolute Gasteiger partial charge is 0.510 e. The Morgan fingerprint density at radius 2 is 1.79 bits per heavy atom. The minimum Gasteiger partial charge on any atom is -0.510 e. The zero-order chi connectivity index (χ0) is 31.6. The van der Waals surface area contributed by atoms with Crippen molar-refractivity contribution in [3.63, 3.8) is 0 Å². The molecular formula is C30H32F3N3O6S. The average molecular weight is 620 g/mol. The van der Waals surface area contributed by atoms with Crippen molar-refractivity contribution in [1.82, 2.24) is 4.98 Å². The van der Waals surface area contributed by atoms with E-state index in [1.54, 1.807) is 37.3 Å². The number of aliphatic hydroxyl groups excluding tert-OH is 1. The standard InChI is InChI=1S/C30H32F3N3O6S/c1-4-36(23-7-5-6-22(16-23)35-43(40,41)26-13-10-21(18-34-26)30(31,32)33)27-25(38)17-29(19(2)3,42-28(27)39)15-14-20-8-11-24(37)12-9-20/h5-13,16,18-19,35,37-38H,4,14-15,17H2,1-3H3. The van der Waals surface area contributed by atoms with Crippen LogP contribution in [0.5, 0.6) is 5.75 Å². The lowest BCUT2D eigenvalue weighted by Crippen LogP contribution is -2.47. The van der Waals surface area contributed by atoms with Gasteiger partial charge in [-0.3, -0.25) is 4.72 Å². The number of alkyl halides is 3. The van der Waals surface area contributed by atoms with Gasteiger partial charge in [0.25, 0.3) is 10.0 Å². The molecule has 43 heavy (non-hydrogen) atoms. The van der Waals surface area contributed by atoms with Crippen LogP contribution in [0.25, 0.3) is 0 Å². The van der Waals surface area contributed by atoms with Crippen LogP contribution in [0.2, 0.25) is 0 Å². The number of carbonyl (C=O) groups excluding carboxylic acids is 1. The number of anilines is 2. The van der Waals surface area contributed by atoms with Gasteiger partial charge in [-0.15, -0.1) is 0 Å². The number of aromatic hydroxyl groups is 1. The molecule has 230 valence electrons. The Balaban J connectivity index is 1.57. The molecule has 2 heterocycles. The van der Waals surface area contributed by atoms with Gasteiger partial charge in [-0.05, 0) is 73.7 Å². The Bertz CT molecular complexity index is 1610. The third-order valence-corrected chi connectivity index (χ3v) is 8.69. The fourth-order valence-electron chi connectivity index (χ4n) is 4.91. The van der Waals surface area contributed by atoms with Crippen molar-refractivity contribution in [2.24, 2.45) is 5.92 Å². The van der Waals surface area contributed by atoms with Crippen molar-refractivity contribution < 1.29 is 41.3 Å². The Morgan fingerprint density at radius 3 is 2.35 bits per heavy atom. The summed E-state index contributed by atoms with van der Waals surface area (Å²) in [7, 11) is -4.34. The summed E-state index contributed by atoms with van der Waals surface area (Å²) in [6, 6.07) is 14.1. The van der Waals surface area contributed by atoms with Gasteiger partial charge in [-0.2, -0.15) is 21.6 Å². The molecule has 9 nitrogen and oxygen atoms in total. The Hall–Kier alpha value is -4.26. The van der Waals surface area contributed by atoms with Gasteiger partial charge in [0.15, 0.2) is 10.7 Å². The Kier molecular flexibility index (Phi) is 8.95. The molecule has 4 rings (SSSR count). The number of phenolic OH excluding ortho intramolecular Hbond substituents is 1. The van der Waals surface area contributed by atoms with E-state index in [4.69, 9.17) is 4.74 Å². The van der Waals surface area contributed by atoms with Crippen LogP contribution >= 0.6 is 0 Å². The minimum atomic E-state index is -4.66. The molecule has 1 atom stereocenters. The third kappa shape index (κ3) is 7.04. The van der Waals surface area contributed by atoms with Crippen LogP contribution in [-0.2, 0) is 32.2 Å². The van der Waals surface area contributed by atoms with Crippen molar-refractivity contribution in [2.75, 3.05) is 16.2 Å². The van der Waals surface area contributed by atoms with Crippen molar-refractivity contribution in [3.05, 3.63) is 89.4 Å². The molecule has 0 saturated heterocycles. The summed E-state index contributed by atoms with van der Waals surface area (Å²) in [6.07, 6.45) is -3.19. The first kappa shape index (κ1) is 31.7. The molecule has 1 aliphatic rings. The minimum absolute atomic E-state index is 0.0617. The number of sulfonamides is 1. The second-order valence-corrected chi connectivity index (χ2v) is 12.2. The number of aliphatic hydroxyl groups is 1. The highest BCUT2D eigenvalue weighted by Crippen LogP contribution is 2.40. The fourth-order valence-corrected chi connectivity index (χ4v) is 5.89. The molecule has 0 radical (unpaired) electrons. The summed E-state index contributed by atoms with van der Waals surface area (Å²) in [5, 5.41) is 20.2. The van der Waals surface area contributed by atoms with Gasteiger partial charge >= 0.3 is 12.1 Å². The molecule has 1 aromatic heterocycles. The van der Waals surface area contributed by atoms with Gasteiger partial charge in [-0.25, -0.2) is 9.78 Å². The number of halogens is 3. The number of carbonyl (C=O) groups is 1. The van der Waals surface area contributed by atoms with E-state index < -0.39 is 38.4 Å². The molecule has 0 aliphatic carbocycles. The highest BCUT2D eigenvalue weighted by Gasteiger charge is 2.45. The van der Waals surface area contributed by atoms with Crippen molar-refractivity contribution in [1.29, 1.82) is 0 Å². The SMILES string of the molecule is CCN(C1=C(O)CC(CCc2ccc(O)cc2)(C(C)C)OC1=O)c1cccc(NS(=O)(=O)c2ccc(C(F)(F)F)cn2)c1. The summed E-state index contributed by atoms with van der Waals surface area (Å²) in [4.78, 5) is 18.4. The number of benzene rings is 2. The number of phenols is 1. The van der Waals surface area contributed by atoms with Crippen LogP contribution in [0.3, 0.4) is 0 Å². The van der Waals surface area contributed by atoms with Gasteiger partial charge in [0, 0.05) is 24.8 Å². The molecule has 0 fully saturated rings. The van der Waals surface area contributed by atoms with Gasteiger partial charge in [-0.1, -0.05) is 32.0 Å². The van der Waals surface area contributed by atoms with Crippen molar-refractivity contribution in [2.45, 2.75) is 56.8 Å². The molecule has 2 aromatic carbocycles. The number of aromatic nitrogens is 1. The maximum absolute atomic E-state index is 13.4. The van der Waals surface area contributed by atoms with Crippen LogP contribution in [0.15, 0.2) is 83.3 Å². The van der Waals surface area contributed by atoms with E-state index in [0.29, 0.717) is 30.8 Å². The maximum Gasteiger partial charge on any atom is 0.417 e. The number of nitrogens with one attached hydrogen (secondary N) is 1. The van der Waals surface area contributed by atoms with Crippen LogP contribution in [0, 0.1) is 5.92 Å². The topological polar surface area (TPSA) is 129 Å². The monoisotopic (exact) mass is 619 g/mol. The smallest absolute Gasteiger partial charge is 0.417 e. The molecule has 0 bridgehead atoms. The highest BCUT2D eigenvalue weighted by atomic mass is 32.2. The van der Waals surface area contributed by atoms with E-state index in [1.807, 2.05) is 13.8 Å². The summed E-state index contributed by atoms with van der Waals surface area (Å²) < 4.78 is 72.5. The predicted molar refractivity (Wildman–Crippen MR) is 154 cm³/mol. The highest BCUT2D eigenvalue weighted by molar-refractivity contribution is 7.92. The molecule has 13 heteroatoms. The van der Waals surface area contributed by atoms with Crippen molar-refractivity contribution in [3.8, 4) is 5.75 Å². The first-order chi connectivity index (χ1) is 20.1. The zero-order valence-corrected chi connectivity index (χ0v) is 24.5. The molecule has 1 aliphatic heterocycles. The van der Waals surface area contributed by atoms with Gasteiger partial charge < -0.3 is 19.8 Å². The number of hydrogen-bond acceptors (Lipinski definition) is 8. The van der Waals surface area contributed by atoms with E-state index >= 15 is 0 Å². The Morgan fingerprint density at radius 1 is 1.09 bits per heavy atom. The first-order valence-electron chi connectivity index (χ1n) is 13.5. The fraction of sp³-hybridized carbons (Fsp3) is 0.333. The zero-order valence-electron chi connectivity index (χ0n) is 23.7. The average Bonchev–Trinajstić information content (AvgIpc) is 2.94. The van der Waals surface area contributed by atoms with E-state index in [9.17, 15) is 36.6 Å². The number of pyridine rings is 1. The molecule has 1 unspecified atom stereocenters. The number of esters is 1. The molecule has 0 amide bonds. The molecular weight excluding hydrogens is 587 g/mol. The molecule has 0 saturated carbocycles. The van der Waals surface area contributed by atoms with Crippen LogP contribution in [0.1, 0.15) is 44.7 Å². The Labute approximate surface area is 247 Å². The first-order valence-corrected chi connectivity index (χ1v) is 15.0. The summed E-state index contributed by atoms with van der Waals surface area (Å²) in [5.41, 5.74) is -0.776.